The Bertz CT molecular complexity index is 2600. The van der Waals surface area contributed by atoms with Gasteiger partial charge < -0.3 is 14.2 Å². The van der Waals surface area contributed by atoms with Crippen LogP contribution in [0.1, 0.15) is 0 Å². The van der Waals surface area contributed by atoms with E-state index in [1.807, 2.05) is 30.3 Å². The van der Waals surface area contributed by atoms with Gasteiger partial charge in [0.15, 0.2) is 26.7 Å². The van der Waals surface area contributed by atoms with E-state index in [2.05, 4.69) is 181 Å². The summed E-state index contributed by atoms with van der Waals surface area (Å²) in [5.74, 6) is 1.60. The standard InChI is InChI=1S/C48H34NO2PSi/c50-52(38-31-28-36(29-32-38)35-16-4-1-5-17-35)45-26-14-15-27-47(45)53(39-18-6-2-7-19-39,40-20-8-3-9-21-40)48-34-37(30-33-46(48)52)49-41-22-10-12-24-43(41)51-44-25-13-11-23-42(44)49/h1-34H. The molecule has 0 saturated heterocycles. The van der Waals surface area contributed by atoms with Gasteiger partial charge in [0.2, 0.25) is 0 Å². The molecule has 0 radical (unpaired) electrons. The predicted molar refractivity (Wildman–Crippen MR) is 223 cm³/mol. The van der Waals surface area contributed by atoms with Gasteiger partial charge in [-0.25, -0.2) is 0 Å². The highest BCUT2D eigenvalue weighted by atomic mass is 31.2. The number of benzene rings is 8. The van der Waals surface area contributed by atoms with Crippen LogP contribution in [0.25, 0.3) is 11.1 Å². The third-order valence-corrected chi connectivity index (χ3v) is 19.3. The Morgan fingerprint density at radius 3 is 1.55 bits per heavy atom. The molecule has 10 rings (SSSR count). The number of hydrogen-bond acceptors (Lipinski definition) is 3. The molecule has 53 heavy (non-hydrogen) atoms. The molecule has 0 N–H and O–H groups in total. The van der Waals surface area contributed by atoms with Gasteiger partial charge in [0.05, 0.1) is 11.4 Å². The molecule has 2 aliphatic heterocycles. The zero-order valence-electron chi connectivity index (χ0n) is 28.8. The number of para-hydroxylation sites is 4. The highest BCUT2D eigenvalue weighted by Crippen LogP contribution is 2.51. The molecular weight excluding hydrogens is 682 g/mol. The van der Waals surface area contributed by atoms with Crippen LogP contribution in [0.4, 0.5) is 17.1 Å². The third kappa shape index (κ3) is 4.77. The summed E-state index contributed by atoms with van der Waals surface area (Å²) < 4.78 is 23.0. The monoisotopic (exact) mass is 715 g/mol. The lowest BCUT2D eigenvalue weighted by molar-refractivity contribution is 0.477. The number of ether oxygens (including phenoxy) is 1. The molecule has 1 unspecified atom stereocenters. The van der Waals surface area contributed by atoms with Gasteiger partial charge >= 0.3 is 0 Å². The Hall–Kier alpha value is -6.19. The summed E-state index contributed by atoms with van der Waals surface area (Å²) in [7, 11) is -6.45. The summed E-state index contributed by atoms with van der Waals surface area (Å²) in [4.78, 5) is 2.30. The number of rotatable bonds is 5. The van der Waals surface area contributed by atoms with E-state index in [0.717, 1.165) is 60.8 Å². The maximum absolute atomic E-state index is 16.6. The Morgan fingerprint density at radius 1 is 0.434 bits per heavy atom. The number of hydrogen-bond donors (Lipinski definition) is 0. The van der Waals surface area contributed by atoms with E-state index >= 15 is 4.57 Å². The number of anilines is 3. The second kappa shape index (κ2) is 12.5. The van der Waals surface area contributed by atoms with Gasteiger partial charge in [-0.05, 0) is 74.3 Å². The largest absolute Gasteiger partial charge is 0.453 e. The minimum absolute atomic E-state index is 0.799. The van der Waals surface area contributed by atoms with E-state index in [0.29, 0.717) is 0 Å². The van der Waals surface area contributed by atoms with Gasteiger partial charge in [0.25, 0.3) is 0 Å². The second-order valence-electron chi connectivity index (χ2n) is 13.6. The summed E-state index contributed by atoms with van der Waals surface area (Å²) in [5, 5.41) is 7.49. The highest BCUT2D eigenvalue weighted by molar-refractivity contribution is 7.87. The fraction of sp³-hybridized carbons (Fsp3) is 0. The van der Waals surface area contributed by atoms with Crippen molar-refractivity contribution in [2.24, 2.45) is 0 Å². The average molecular weight is 716 g/mol. The Morgan fingerprint density at radius 2 is 0.925 bits per heavy atom. The van der Waals surface area contributed by atoms with E-state index in [-0.39, 0.29) is 0 Å². The van der Waals surface area contributed by atoms with Crippen molar-refractivity contribution in [2.75, 3.05) is 4.90 Å². The molecule has 0 bridgehead atoms. The fourth-order valence-electron chi connectivity index (χ4n) is 8.50. The topological polar surface area (TPSA) is 29.5 Å². The van der Waals surface area contributed by atoms with E-state index in [9.17, 15) is 0 Å². The van der Waals surface area contributed by atoms with Crippen molar-refractivity contribution in [1.29, 1.82) is 0 Å². The minimum Gasteiger partial charge on any atom is -0.453 e. The van der Waals surface area contributed by atoms with Crippen LogP contribution in [-0.4, -0.2) is 8.07 Å². The molecule has 5 heteroatoms. The molecule has 2 aliphatic rings. The maximum Gasteiger partial charge on any atom is 0.181 e. The van der Waals surface area contributed by atoms with E-state index < -0.39 is 15.2 Å². The maximum atomic E-state index is 16.6. The first-order chi connectivity index (χ1) is 26.2. The predicted octanol–water partition coefficient (Wildman–Crippen LogP) is 8.26. The summed E-state index contributed by atoms with van der Waals surface area (Å²) in [6.45, 7) is 0. The van der Waals surface area contributed by atoms with Crippen LogP contribution in [0.3, 0.4) is 0 Å². The van der Waals surface area contributed by atoms with Crippen LogP contribution in [-0.2, 0) is 4.57 Å². The molecule has 0 saturated carbocycles. The van der Waals surface area contributed by atoms with Gasteiger partial charge in [-0.15, -0.1) is 0 Å². The van der Waals surface area contributed by atoms with Crippen LogP contribution in [0.15, 0.2) is 206 Å². The van der Waals surface area contributed by atoms with Gasteiger partial charge in [0, 0.05) is 21.6 Å². The van der Waals surface area contributed by atoms with Crippen molar-refractivity contribution >= 4 is 68.9 Å². The van der Waals surface area contributed by atoms with Crippen LogP contribution in [0.2, 0.25) is 0 Å². The van der Waals surface area contributed by atoms with Crippen LogP contribution in [0.5, 0.6) is 11.5 Å². The zero-order valence-corrected chi connectivity index (χ0v) is 30.7. The first kappa shape index (κ1) is 31.5. The van der Waals surface area contributed by atoms with Gasteiger partial charge in [-0.1, -0.05) is 164 Å². The molecule has 8 aromatic carbocycles. The Balaban J connectivity index is 1.30. The molecule has 0 amide bonds. The normalized spacial score (nSPS) is 16.3. The molecule has 0 aromatic heterocycles. The lowest BCUT2D eigenvalue weighted by Gasteiger charge is -2.44. The van der Waals surface area contributed by atoms with Crippen molar-refractivity contribution in [2.45, 2.75) is 0 Å². The molecule has 0 fully saturated rings. The molecule has 8 aromatic rings. The lowest BCUT2D eigenvalue weighted by atomic mass is 10.1. The van der Waals surface area contributed by atoms with E-state index in [4.69, 9.17) is 4.74 Å². The van der Waals surface area contributed by atoms with Crippen molar-refractivity contribution in [3.05, 3.63) is 206 Å². The summed E-state index contributed by atoms with van der Waals surface area (Å²) in [6.07, 6.45) is 0. The van der Waals surface area contributed by atoms with Gasteiger partial charge in [0.1, 0.15) is 0 Å². The van der Waals surface area contributed by atoms with Crippen molar-refractivity contribution < 1.29 is 9.30 Å². The van der Waals surface area contributed by atoms with Crippen molar-refractivity contribution in [3.8, 4) is 22.6 Å². The fourth-order valence-corrected chi connectivity index (χ4v) is 18.1. The van der Waals surface area contributed by atoms with Crippen molar-refractivity contribution in [3.63, 3.8) is 0 Å². The SMILES string of the molecule is O=P1(c2ccc(-c3ccccc3)cc2)c2ccccc2[Si](c2ccccc2)(c2ccccc2)c2cc(N3c4ccccc4Oc4ccccc43)ccc21. The molecule has 252 valence electrons. The molecule has 2 heterocycles. The first-order valence-electron chi connectivity index (χ1n) is 18.0. The molecule has 1 atom stereocenters. The van der Waals surface area contributed by atoms with Crippen LogP contribution in [0, 0.1) is 0 Å². The van der Waals surface area contributed by atoms with Crippen LogP contribution >= 0.6 is 7.14 Å². The molecule has 0 spiro atoms. The first-order valence-corrected chi connectivity index (χ1v) is 21.7. The van der Waals surface area contributed by atoms with Crippen LogP contribution < -0.4 is 46.3 Å². The average Bonchev–Trinajstić information content (AvgIpc) is 3.24. The summed E-state index contributed by atoms with van der Waals surface area (Å²) in [6, 6.07) is 72.3. The molecular formula is C48H34NO2PSi. The Labute approximate surface area is 310 Å². The van der Waals surface area contributed by atoms with Gasteiger partial charge in [-0.3, -0.25) is 0 Å². The highest BCUT2D eigenvalue weighted by Gasteiger charge is 2.53. The zero-order chi connectivity index (χ0) is 35.4. The third-order valence-electron chi connectivity index (χ3n) is 10.8. The second-order valence-corrected chi connectivity index (χ2v) is 20.0. The molecule has 0 aliphatic carbocycles. The molecule has 3 nitrogen and oxygen atoms in total. The number of nitrogens with zero attached hydrogens (tertiary/aromatic N) is 1. The van der Waals surface area contributed by atoms with Crippen molar-refractivity contribution in [1.82, 2.24) is 0 Å². The summed E-state index contributed by atoms with van der Waals surface area (Å²) in [5.41, 5.74) is 5.17. The summed E-state index contributed by atoms with van der Waals surface area (Å²) >= 11 is 0. The Kier molecular flexibility index (Phi) is 7.43. The minimum atomic E-state index is -3.38. The van der Waals surface area contributed by atoms with E-state index in [1.54, 1.807) is 0 Å². The lowest BCUT2D eigenvalue weighted by Crippen LogP contribution is -2.82. The van der Waals surface area contributed by atoms with E-state index in [1.165, 1.54) is 15.6 Å². The number of fused-ring (bicyclic) bond motifs is 4. The smallest absolute Gasteiger partial charge is 0.181 e. The quantitative estimate of drug-likeness (QED) is 0.133. The van der Waals surface area contributed by atoms with Gasteiger partial charge in [-0.2, -0.15) is 0 Å².